The highest BCUT2D eigenvalue weighted by atomic mass is 19.4. The maximum atomic E-state index is 12.6. The normalized spacial score (nSPS) is 24.2. The molecule has 0 spiro atoms. The van der Waals surface area contributed by atoms with Crippen LogP contribution in [0, 0.1) is 5.92 Å². The van der Waals surface area contributed by atoms with E-state index in [0.717, 1.165) is 31.0 Å². The van der Waals surface area contributed by atoms with E-state index >= 15 is 0 Å². The van der Waals surface area contributed by atoms with Crippen molar-refractivity contribution < 1.29 is 13.2 Å². The Morgan fingerprint density at radius 2 is 2.05 bits per heavy atom. The average Bonchev–Trinajstić information content (AvgIpc) is 2.91. The van der Waals surface area contributed by atoms with E-state index in [2.05, 4.69) is 22.2 Å². The molecule has 3 nitrogen and oxygen atoms in total. The zero-order valence-corrected chi connectivity index (χ0v) is 10.4. The Morgan fingerprint density at radius 3 is 2.68 bits per heavy atom. The van der Waals surface area contributed by atoms with Crippen LogP contribution in [0.25, 0.3) is 11.0 Å². The fourth-order valence-electron chi connectivity index (χ4n) is 2.56. The van der Waals surface area contributed by atoms with E-state index < -0.39 is 11.7 Å². The van der Waals surface area contributed by atoms with Crippen LogP contribution in [0.4, 0.5) is 13.2 Å². The van der Waals surface area contributed by atoms with Gasteiger partial charge in [0.05, 0.1) is 16.6 Å². The number of aromatic nitrogens is 2. The van der Waals surface area contributed by atoms with Gasteiger partial charge in [-0.2, -0.15) is 13.2 Å². The van der Waals surface area contributed by atoms with Gasteiger partial charge in [-0.05, 0) is 30.7 Å². The first-order valence-electron chi connectivity index (χ1n) is 6.23. The van der Waals surface area contributed by atoms with Crippen LogP contribution in [-0.4, -0.2) is 23.1 Å². The Kier molecular flexibility index (Phi) is 2.78. The van der Waals surface area contributed by atoms with Gasteiger partial charge in [-0.25, -0.2) is 4.98 Å². The van der Waals surface area contributed by atoms with E-state index in [0.29, 0.717) is 17.0 Å². The second-order valence-corrected chi connectivity index (χ2v) is 5.09. The maximum absolute atomic E-state index is 12.6. The summed E-state index contributed by atoms with van der Waals surface area (Å²) in [5.74, 6) is 1.44. The van der Waals surface area contributed by atoms with Crippen molar-refractivity contribution in [3.63, 3.8) is 0 Å². The molecule has 1 aliphatic rings. The van der Waals surface area contributed by atoms with Crippen LogP contribution < -0.4 is 5.32 Å². The van der Waals surface area contributed by atoms with E-state index in [4.69, 9.17) is 0 Å². The third-order valence-electron chi connectivity index (χ3n) is 3.70. The van der Waals surface area contributed by atoms with Crippen molar-refractivity contribution >= 4 is 11.0 Å². The van der Waals surface area contributed by atoms with Crippen molar-refractivity contribution in [3.8, 4) is 0 Å². The Hall–Kier alpha value is -1.56. The van der Waals surface area contributed by atoms with E-state index in [1.165, 1.54) is 6.07 Å². The number of nitrogens with zero attached hydrogens (tertiary/aromatic N) is 1. The average molecular weight is 269 g/mol. The zero-order valence-electron chi connectivity index (χ0n) is 10.4. The topological polar surface area (TPSA) is 40.7 Å². The fraction of sp³-hybridized carbons (Fsp3) is 0.462. The summed E-state index contributed by atoms with van der Waals surface area (Å²) in [6, 6.07) is 3.62. The quantitative estimate of drug-likeness (QED) is 0.835. The third kappa shape index (κ3) is 2.20. The van der Waals surface area contributed by atoms with Gasteiger partial charge in [0, 0.05) is 12.5 Å². The monoisotopic (exact) mass is 269 g/mol. The van der Waals surface area contributed by atoms with Crippen LogP contribution in [0.5, 0.6) is 0 Å². The van der Waals surface area contributed by atoms with Crippen molar-refractivity contribution in [3.05, 3.63) is 29.6 Å². The molecule has 102 valence electrons. The van der Waals surface area contributed by atoms with Crippen molar-refractivity contribution in [2.75, 3.05) is 13.1 Å². The molecular weight excluding hydrogens is 255 g/mol. The first kappa shape index (κ1) is 12.5. The van der Waals surface area contributed by atoms with Gasteiger partial charge in [0.1, 0.15) is 5.82 Å². The van der Waals surface area contributed by atoms with Crippen molar-refractivity contribution in [1.29, 1.82) is 0 Å². The summed E-state index contributed by atoms with van der Waals surface area (Å²) in [5, 5.41) is 3.26. The molecule has 19 heavy (non-hydrogen) atoms. The van der Waals surface area contributed by atoms with Gasteiger partial charge in [-0.15, -0.1) is 0 Å². The molecule has 1 aromatic heterocycles. The number of H-pyrrole nitrogens is 1. The van der Waals surface area contributed by atoms with Gasteiger partial charge in [-0.1, -0.05) is 6.92 Å². The molecule has 3 rings (SSSR count). The molecule has 0 saturated carbocycles. The van der Waals surface area contributed by atoms with Crippen LogP contribution >= 0.6 is 0 Å². The molecule has 0 radical (unpaired) electrons. The minimum atomic E-state index is -4.32. The first-order valence-corrected chi connectivity index (χ1v) is 6.23. The second-order valence-electron chi connectivity index (χ2n) is 5.09. The minimum absolute atomic E-state index is 0.238. The number of halogens is 3. The molecular formula is C13H14F3N3. The molecule has 1 fully saturated rings. The van der Waals surface area contributed by atoms with E-state index in [1.54, 1.807) is 0 Å². The highest BCUT2D eigenvalue weighted by molar-refractivity contribution is 5.76. The number of hydrogen-bond donors (Lipinski definition) is 2. The Bertz CT molecular complexity index is 603. The summed E-state index contributed by atoms with van der Waals surface area (Å²) < 4.78 is 37.9. The van der Waals surface area contributed by atoms with Gasteiger partial charge < -0.3 is 10.3 Å². The molecule has 0 bridgehead atoms. The third-order valence-corrected chi connectivity index (χ3v) is 3.70. The first-order chi connectivity index (χ1) is 8.95. The Morgan fingerprint density at radius 1 is 1.26 bits per heavy atom. The number of hydrogen-bond acceptors (Lipinski definition) is 2. The van der Waals surface area contributed by atoms with Gasteiger partial charge >= 0.3 is 6.18 Å². The Balaban J connectivity index is 2.01. The number of benzene rings is 1. The molecule has 6 heteroatoms. The van der Waals surface area contributed by atoms with Crippen molar-refractivity contribution in [1.82, 2.24) is 15.3 Å². The summed E-state index contributed by atoms with van der Waals surface area (Å²) in [4.78, 5) is 7.43. The van der Waals surface area contributed by atoms with Gasteiger partial charge in [0.25, 0.3) is 0 Å². The SMILES string of the molecule is CC1CNCC1c1nc2ccc(C(F)(F)F)cc2[nH]1. The molecule has 1 saturated heterocycles. The van der Waals surface area contributed by atoms with Crippen LogP contribution in [0.1, 0.15) is 24.2 Å². The van der Waals surface area contributed by atoms with Crippen LogP contribution in [-0.2, 0) is 6.18 Å². The predicted molar refractivity (Wildman–Crippen MR) is 65.9 cm³/mol. The van der Waals surface area contributed by atoms with E-state index in [1.807, 2.05) is 0 Å². The van der Waals surface area contributed by atoms with Crippen LogP contribution in [0.3, 0.4) is 0 Å². The lowest BCUT2D eigenvalue weighted by Gasteiger charge is -2.09. The lowest BCUT2D eigenvalue weighted by molar-refractivity contribution is -0.137. The van der Waals surface area contributed by atoms with E-state index in [9.17, 15) is 13.2 Å². The molecule has 2 heterocycles. The lowest BCUT2D eigenvalue weighted by Crippen LogP contribution is -2.09. The molecule has 2 N–H and O–H groups in total. The number of alkyl halides is 3. The molecule has 2 atom stereocenters. The predicted octanol–water partition coefficient (Wildman–Crippen LogP) is 2.90. The number of rotatable bonds is 1. The highest BCUT2D eigenvalue weighted by Crippen LogP contribution is 2.32. The minimum Gasteiger partial charge on any atom is -0.342 e. The number of imidazole rings is 1. The molecule has 0 amide bonds. The number of nitrogens with one attached hydrogen (secondary N) is 2. The highest BCUT2D eigenvalue weighted by Gasteiger charge is 2.31. The molecule has 2 unspecified atom stereocenters. The van der Waals surface area contributed by atoms with Gasteiger partial charge in [-0.3, -0.25) is 0 Å². The molecule has 1 aliphatic heterocycles. The number of aromatic amines is 1. The number of fused-ring (bicyclic) bond motifs is 1. The molecule has 0 aliphatic carbocycles. The summed E-state index contributed by atoms with van der Waals surface area (Å²) >= 11 is 0. The largest absolute Gasteiger partial charge is 0.416 e. The van der Waals surface area contributed by atoms with Crippen molar-refractivity contribution in [2.45, 2.75) is 19.0 Å². The summed E-state index contributed by atoms with van der Waals surface area (Å²) in [5.41, 5.74) is 0.388. The second kappa shape index (κ2) is 4.23. The van der Waals surface area contributed by atoms with Crippen molar-refractivity contribution in [2.24, 2.45) is 5.92 Å². The maximum Gasteiger partial charge on any atom is 0.416 e. The standard InChI is InChI=1S/C13H14F3N3/c1-7-5-17-6-9(7)12-18-10-3-2-8(13(14,15)16)4-11(10)19-12/h2-4,7,9,17H,5-6H2,1H3,(H,18,19). The van der Waals surface area contributed by atoms with Crippen LogP contribution in [0.15, 0.2) is 18.2 Å². The lowest BCUT2D eigenvalue weighted by atomic mass is 9.98. The summed E-state index contributed by atoms with van der Waals surface area (Å²) in [6.45, 7) is 3.83. The smallest absolute Gasteiger partial charge is 0.342 e. The molecule has 2 aromatic rings. The van der Waals surface area contributed by atoms with Crippen LogP contribution in [0.2, 0.25) is 0 Å². The molecule has 1 aromatic carbocycles. The fourth-order valence-corrected chi connectivity index (χ4v) is 2.56. The van der Waals surface area contributed by atoms with Gasteiger partial charge in [0.2, 0.25) is 0 Å². The zero-order chi connectivity index (χ0) is 13.6. The van der Waals surface area contributed by atoms with E-state index in [-0.39, 0.29) is 5.92 Å². The summed E-state index contributed by atoms with van der Waals surface area (Å²) in [7, 11) is 0. The summed E-state index contributed by atoms with van der Waals surface area (Å²) in [6.07, 6.45) is -4.32. The Labute approximate surface area is 108 Å². The van der Waals surface area contributed by atoms with Gasteiger partial charge in [0.15, 0.2) is 0 Å².